The van der Waals surface area contributed by atoms with Gasteiger partial charge < -0.3 is 13.4 Å². The van der Waals surface area contributed by atoms with E-state index >= 15 is 0 Å². The monoisotopic (exact) mass is 690 g/mol. The van der Waals surface area contributed by atoms with Gasteiger partial charge in [0, 0.05) is 48.7 Å². The van der Waals surface area contributed by atoms with Crippen molar-refractivity contribution in [2.45, 2.75) is 0 Å². The topological polar surface area (TPSA) is 72.8 Å². The first-order chi connectivity index (χ1) is 26.7. The number of benzene rings is 7. The summed E-state index contributed by atoms with van der Waals surface area (Å²) >= 11 is 0. The summed E-state index contributed by atoms with van der Waals surface area (Å²) in [7, 11) is 0. The molecule has 12 rings (SSSR count). The van der Waals surface area contributed by atoms with Gasteiger partial charge in [-0.15, -0.1) is 0 Å². The predicted molar refractivity (Wildman–Crippen MR) is 218 cm³/mol. The molecule has 0 atom stereocenters. The highest BCUT2D eigenvalue weighted by molar-refractivity contribution is 6.23. The van der Waals surface area contributed by atoms with E-state index in [2.05, 4.69) is 112 Å². The lowest BCUT2D eigenvalue weighted by atomic mass is 10.0. The number of pyridine rings is 1. The molecule has 0 unspecified atom stereocenters. The first-order valence-corrected chi connectivity index (χ1v) is 17.9. The number of nitriles is 1. The second kappa shape index (κ2) is 10.7. The normalized spacial score (nSPS) is 12.1. The zero-order valence-electron chi connectivity index (χ0n) is 28.6. The maximum atomic E-state index is 10.0. The Kier molecular flexibility index (Phi) is 5.75. The summed E-state index contributed by atoms with van der Waals surface area (Å²) < 4.78 is 17.8. The van der Waals surface area contributed by atoms with Crippen molar-refractivity contribution in [1.29, 1.82) is 5.26 Å². The zero-order valence-corrected chi connectivity index (χ0v) is 28.6. The van der Waals surface area contributed by atoms with Crippen LogP contribution in [0.15, 0.2) is 167 Å². The second-order valence-electron chi connectivity index (χ2n) is 13.8. The average Bonchev–Trinajstić information content (AvgIpc) is 3.98. The summed E-state index contributed by atoms with van der Waals surface area (Å²) in [5.41, 5.74) is 10.6. The van der Waals surface area contributed by atoms with Crippen LogP contribution >= 0.6 is 0 Å². The van der Waals surface area contributed by atoms with Crippen molar-refractivity contribution in [1.82, 2.24) is 14.1 Å². The molecule has 0 N–H and O–H groups in total. The van der Waals surface area contributed by atoms with E-state index in [1.165, 1.54) is 0 Å². The molecule has 0 spiro atoms. The summed E-state index contributed by atoms with van der Waals surface area (Å²) in [6.45, 7) is 0. The molecule has 0 aliphatic heterocycles. The van der Waals surface area contributed by atoms with Gasteiger partial charge in [0.25, 0.3) is 0 Å². The molecule has 54 heavy (non-hydrogen) atoms. The van der Waals surface area contributed by atoms with Crippen molar-refractivity contribution in [3.8, 4) is 28.7 Å². The summed E-state index contributed by atoms with van der Waals surface area (Å²) in [6, 6.07) is 54.3. The van der Waals surface area contributed by atoms with Crippen molar-refractivity contribution in [2.24, 2.45) is 0 Å². The molecule has 0 saturated carbocycles. The van der Waals surface area contributed by atoms with Gasteiger partial charge in [-0.1, -0.05) is 97.1 Å². The Morgan fingerprint density at radius 2 is 1.02 bits per heavy atom. The van der Waals surface area contributed by atoms with E-state index < -0.39 is 0 Å². The molecule has 6 nitrogen and oxygen atoms in total. The third kappa shape index (κ3) is 3.84. The van der Waals surface area contributed by atoms with E-state index in [0.29, 0.717) is 5.56 Å². The lowest BCUT2D eigenvalue weighted by molar-refractivity contribution is 0.670. The minimum absolute atomic E-state index is 0.583. The molecule has 6 heteroatoms. The summed E-state index contributed by atoms with van der Waals surface area (Å²) in [5, 5.41) is 18.7. The molecule has 0 aliphatic carbocycles. The van der Waals surface area contributed by atoms with Gasteiger partial charge in [-0.3, -0.25) is 4.57 Å². The lowest BCUT2D eigenvalue weighted by Crippen LogP contribution is -2.03. The Balaban J connectivity index is 1.23. The fraction of sp³-hybridized carbons (Fsp3) is 0. The Hall–Kier alpha value is -7.62. The van der Waals surface area contributed by atoms with Crippen LogP contribution in [0, 0.1) is 11.3 Å². The Labute approximate surface area is 306 Å². The maximum Gasteiger partial charge on any atom is 0.160 e. The Morgan fingerprint density at radius 3 is 1.65 bits per heavy atom. The number of hydrogen-bond donors (Lipinski definition) is 0. The molecule has 0 amide bonds. The second-order valence-corrected chi connectivity index (χ2v) is 13.8. The van der Waals surface area contributed by atoms with Crippen LogP contribution < -0.4 is 0 Å². The number of furan rings is 2. The summed E-state index contributed by atoms with van der Waals surface area (Å²) in [4.78, 5) is 5.31. The Morgan fingerprint density at radius 1 is 0.481 bits per heavy atom. The largest absolute Gasteiger partial charge is 0.454 e. The van der Waals surface area contributed by atoms with Crippen LogP contribution in [0.5, 0.6) is 0 Å². The van der Waals surface area contributed by atoms with E-state index in [-0.39, 0.29) is 0 Å². The highest BCUT2D eigenvalue weighted by Gasteiger charge is 2.24. The third-order valence-corrected chi connectivity index (χ3v) is 11.0. The number of aromatic nitrogens is 3. The minimum Gasteiger partial charge on any atom is -0.454 e. The van der Waals surface area contributed by atoms with Crippen molar-refractivity contribution in [3.05, 3.63) is 163 Å². The molecular weight excluding hydrogens is 665 g/mol. The van der Waals surface area contributed by atoms with E-state index in [4.69, 9.17) is 13.8 Å². The van der Waals surface area contributed by atoms with Gasteiger partial charge in [0.1, 0.15) is 17.0 Å². The first kappa shape index (κ1) is 29.0. The van der Waals surface area contributed by atoms with Crippen LogP contribution in [0.25, 0.3) is 110 Å². The SMILES string of the molecule is N#Cc1cccc(-c2cc(-n3c4ccccc4c4ccc5c6ccccc6oc5c43)ncc2-n2c3ccccc3c3ccc4c5ccccc5oc4c32)c1. The molecule has 0 radical (unpaired) electrons. The third-order valence-electron chi connectivity index (χ3n) is 11.0. The van der Waals surface area contributed by atoms with Crippen LogP contribution in [-0.2, 0) is 0 Å². The molecule has 12 aromatic rings. The fourth-order valence-corrected chi connectivity index (χ4v) is 8.67. The van der Waals surface area contributed by atoms with Gasteiger partial charge in [-0.25, -0.2) is 4.98 Å². The highest BCUT2D eigenvalue weighted by atomic mass is 16.3. The van der Waals surface area contributed by atoms with Crippen molar-refractivity contribution < 1.29 is 8.83 Å². The average molecular weight is 691 g/mol. The molecule has 0 aliphatic rings. The van der Waals surface area contributed by atoms with Crippen LogP contribution in [0.4, 0.5) is 0 Å². The van der Waals surface area contributed by atoms with Crippen molar-refractivity contribution >= 4 is 87.5 Å². The summed E-state index contributed by atoms with van der Waals surface area (Å²) in [6.07, 6.45) is 1.97. The van der Waals surface area contributed by atoms with Crippen LogP contribution in [0.1, 0.15) is 5.56 Å². The standard InChI is InChI=1S/C48H26N4O2/c49-26-28-10-9-11-29(24-28)38-25-44(52-40-17-6-2-13-31(40)35-21-23-37-33-15-4-8-19-43(33)54-48(37)46(35)52)50-27-41(38)51-39-16-5-1-12-30(39)34-20-22-36-32-14-3-7-18-42(32)53-47(36)45(34)51/h1-25,27H. The maximum absolute atomic E-state index is 10.0. The molecule has 5 aromatic heterocycles. The Bertz CT molecular complexity index is 3590. The van der Waals surface area contributed by atoms with Gasteiger partial charge in [0.2, 0.25) is 0 Å². The van der Waals surface area contributed by atoms with Gasteiger partial charge in [0.15, 0.2) is 11.2 Å². The van der Waals surface area contributed by atoms with Gasteiger partial charge in [-0.05, 0) is 60.2 Å². The van der Waals surface area contributed by atoms with Crippen LogP contribution in [-0.4, -0.2) is 14.1 Å². The van der Waals surface area contributed by atoms with Crippen LogP contribution in [0.2, 0.25) is 0 Å². The first-order valence-electron chi connectivity index (χ1n) is 17.9. The quantitative estimate of drug-likeness (QED) is 0.185. The lowest BCUT2D eigenvalue weighted by Gasteiger charge is -2.16. The van der Waals surface area contributed by atoms with E-state index in [9.17, 15) is 5.26 Å². The van der Waals surface area contributed by atoms with Crippen LogP contribution in [0.3, 0.4) is 0 Å². The number of para-hydroxylation sites is 4. The summed E-state index contributed by atoms with van der Waals surface area (Å²) in [5.74, 6) is 0.741. The molecule has 0 fully saturated rings. The van der Waals surface area contributed by atoms with Gasteiger partial charge in [-0.2, -0.15) is 5.26 Å². The van der Waals surface area contributed by atoms with Crippen molar-refractivity contribution in [2.75, 3.05) is 0 Å². The molecule has 7 aromatic carbocycles. The van der Waals surface area contributed by atoms with Gasteiger partial charge >= 0.3 is 0 Å². The minimum atomic E-state index is 0.583. The number of nitrogens with zero attached hydrogens (tertiary/aromatic N) is 4. The molecule has 0 bridgehead atoms. The van der Waals surface area contributed by atoms with E-state index in [1.54, 1.807) is 0 Å². The fourth-order valence-electron chi connectivity index (χ4n) is 8.67. The predicted octanol–water partition coefficient (Wildman–Crippen LogP) is 12.6. The number of hydrogen-bond acceptors (Lipinski definition) is 4. The van der Waals surface area contributed by atoms with E-state index in [0.717, 1.165) is 110 Å². The van der Waals surface area contributed by atoms with Gasteiger partial charge in [0.05, 0.1) is 45.6 Å². The molecule has 0 saturated heterocycles. The number of fused-ring (bicyclic) bond motifs is 14. The molecular formula is C48H26N4O2. The smallest absolute Gasteiger partial charge is 0.160 e. The van der Waals surface area contributed by atoms with E-state index in [1.807, 2.05) is 60.8 Å². The van der Waals surface area contributed by atoms with Crippen molar-refractivity contribution in [3.63, 3.8) is 0 Å². The number of rotatable bonds is 3. The molecule has 5 heterocycles. The highest BCUT2D eigenvalue weighted by Crippen LogP contribution is 2.44. The molecule has 250 valence electrons. The zero-order chi connectivity index (χ0) is 35.5.